The zero-order chi connectivity index (χ0) is 35.2. The molecule has 7 rings (SSSR count). The highest BCUT2D eigenvalue weighted by atomic mass is 16.6. The fourth-order valence-electron chi connectivity index (χ4n) is 8.33. The number of Topliss-reactive ketones (excluding diaryl/α,β-unsaturated/α-hetero) is 1. The van der Waals surface area contributed by atoms with Gasteiger partial charge in [0.15, 0.2) is 5.78 Å². The molecule has 1 aromatic carbocycles. The van der Waals surface area contributed by atoms with Crippen LogP contribution in [0.2, 0.25) is 0 Å². The summed E-state index contributed by atoms with van der Waals surface area (Å²) in [6.07, 6.45) is 10.4. The quantitative estimate of drug-likeness (QED) is 0.376. The van der Waals surface area contributed by atoms with E-state index >= 15 is 0 Å². The molecular formula is C38H48N6O6. The summed E-state index contributed by atoms with van der Waals surface area (Å²) in [5.74, 6) is 1.79. The zero-order valence-electron chi connectivity index (χ0n) is 29.6. The molecule has 0 spiro atoms. The Morgan fingerprint density at radius 1 is 1.02 bits per heavy atom. The molecule has 2 aliphatic heterocycles. The lowest BCUT2D eigenvalue weighted by Crippen LogP contribution is -2.57. The molecule has 4 heterocycles. The number of benzene rings is 1. The SMILES string of the molecule is CC(=O)[C@@H]1[C@H](C)[C@@H]2CN1C(=O)[C@H](C(C)(C)C)NC(=O)O[C@@H]1CC3CC3[C@H]1CCCCCc1nc3ccc(OCc4cnccn4)cc3nc1O2. The van der Waals surface area contributed by atoms with Crippen molar-refractivity contribution >= 4 is 28.8 Å². The lowest BCUT2D eigenvalue weighted by Gasteiger charge is -2.35. The lowest BCUT2D eigenvalue weighted by molar-refractivity contribution is -0.141. The molecule has 12 nitrogen and oxygen atoms in total. The number of amides is 2. The second-order valence-electron chi connectivity index (χ2n) is 15.7. The molecule has 2 unspecified atom stereocenters. The van der Waals surface area contributed by atoms with E-state index in [0.717, 1.165) is 43.3 Å². The van der Waals surface area contributed by atoms with Gasteiger partial charge in [-0.1, -0.05) is 40.5 Å². The van der Waals surface area contributed by atoms with Crippen LogP contribution in [0.5, 0.6) is 11.6 Å². The summed E-state index contributed by atoms with van der Waals surface area (Å²) >= 11 is 0. The first kappa shape index (κ1) is 34.1. The summed E-state index contributed by atoms with van der Waals surface area (Å²) in [5.41, 5.74) is 2.17. The molecule has 4 aliphatic rings. The van der Waals surface area contributed by atoms with Crippen molar-refractivity contribution in [2.75, 3.05) is 6.54 Å². The Labute approximate surface area is 293 Å². The first-order chi connectivity index (χ1) is 24.0. The number of nitrogens with zero attached hydrogens (tertiary/aromatic N) is 5. The van der Waals surface area contributed by atoms with Crippen molar-refractivity contribution in [2.45, 2.75) is 110 Å². The number of ether oxygens (including phenoxy) is 3. The van der Waals surface area contributed by atoms with Gasteiger partial charge in [0.25, 0.3) is 0 Å². The van der Waals surface area contributed by atoms with Gasteiger partial charge in [0.05, 0.1) is 35.5 Å². The third kappa shape index (κ3) is 7.11. The highest BCUT2D eigenvalue weighted by Gasteiger charge is 2.55. The minimum absolute atomic E-state index is 0.138. The average molecular weight is 685 g/mol. The van der Waals surface area contributed by atoms with E-state index in [9.17, 15) is 14.4 Å². The maximum atomic E-state index is 14.4. The summed E-state index contributed by atoms with van der Waals surface area (Å²) in [6, 6.07) is 3.99. The van der Waals surface area contributed by atoms with Crippen LogP contribution in [0.1, 0.15) is 84.5 Å². The van der Waals surface area contributed by atoms with Gasteiger partial charge in [-0.05, 0) is 74.3 Å². The number of aromatic nitrogens is 4. The van der Waals surface area contributed by atoms with Gasteiger partial charge in [-0.2, -0.15) is 0 Å². The number of hydrogen-bond donors (Lipinski definition) is 1. The Kier molecular flexibility index (Phi) is 9.38. The molecule has 8 atom stereocenters. The smallest absolute Gasteiger partial charge is 0.408 e. The van der Waals surface area contributed by atoms with Gasteiger partial charge in [-0.15, -0.1) is 0 Å². The Bertz CT molecular complexity index is 1750. The number of hydrogen-bond acceptors (Lipinski definition) is 10. The number of aryl methyl sites for hydroxylation is 1. The lowest BCUT2D eigenvalue weighted by atomic mass is 9.85. The number of carbonyl (C=O) groups excluding carboxylic acids is 3. The van der Waals surface area contributed by atoms with Crippen molar-refractivity contribution in [1.29, 1.82) is 0 Å². The van der Waals surface area contributed by atoms with E-state index in [1.165, 1.54) is 13.3 Å². The van der Waals surface area contributed by atoms with Crippen molar-refractivity contribution in [2.24, 2.45) is 29.1 Å². The van der Waals surface area contributed by atoms with E-state index in [-0.39, 0.29) is 36.9 Å². The molecule has 3 fully saturated rings. The fraction of sp³-hybridized carbons (Fsp3) is 0.605. The van der Waals surface area contributed by atoms with Crippen LogP contribution in [-0.2, 0) is 27.4 Å². The standard InChI is InChI=1S/C38H48N6O6/c1-21-32-19-44(33(21)22(2)45)36(46)34(38(3,4)5)43-37(47)50-31-16-23-15-27(23)26(31)9-7-6-8-10-29-35(49-32)42-30-17-25(11-12-28(30)41-29)48-20-24-18-39-13-14-40-24/h11-14,17-18,21,23,26-27,31-34H,6-10,15-16,19-20H2,1-5H3,(H,43,47)/t21-,23?,26-,27?,31-,32+,33+,34-/m1/s1. The summed E-state index contributed by atoms with van der Waals surface area (Å²) in [7, 11) is 0. The Balaban J connectivity index is 1.20. The van der Waals surface area contributed by atoms with Crippen molar-refractivity contribution < 1.29 is 28.6 Å². The highest BCUT2D eigenvalue weighted by Crippen LogP contribution is 2.57. The Hall–Kier alpha value is -4.35. The largest absolute Gasteiger partial charge is 0.487 e. The van der Waals surface area contributed by atoms with Crippen molar-refractivity contribution in [3.8, 4) is 11.6 Å². The van der Waals surface area contributed by atoms with Crippen LogP contribution in [0, 0.1) is 29.1 Å². The maximum absolute atomic E-state index is 14.4. The van der Waals surface area contributed by atoms with E-state index in [1.54, 1.807) is 23.5 Å². The third-order valence-electron chi connectivity index (χ3n) is 11.1. The van der Waals surface area contributed by atoms with Crippen LogP contribution < -0.4 is 14.8 Å². The van der Waals surface area contributed by atoms with Crippen LogP contribution in [0.4, 0.5) is 4.79 Å². The van der Waals surface area contributed by atoms with Gasteiger partial charge in [0.1, 0.15) is 36.3 Å². The number of ketones is 1. The van der Waals surface area contributed by atoms with Crippen LogP contribution >= 0.6 is 0 Å². The minimum Gasteiger partial charge on any atom is -0.487 e. The molecule has 0 radical (unpaired) electrons. The number of alkyl carbamates (subject to hydrolysis) is 1. The molecule has 2 saturated carbocycles. The van der Waals surface area contributed by atoms with Gasteiger partial charge < -0.3 is 24.4 Å². The van der Waals surface area contributed by atoms with E-state index in [2.05, 4.69) is 15.3 Å². The van der Waals surface area contributed by atoms with Crippen molar-refractivity contribution in [1.82, 2.24) is 30.2 Å². The molecule has 1 N–H and O–H groups in total. The first-order valence-electron chi connectivity index (χ1n) is 18.1. The van der Waals surface area contributed by atoms with Gasteiger partial charge in [-0.3, -0.25) is 19.6 Å². The number of nitrogens with one attached hydrogen (secondary N) is 1. The van der Waals surface area contributed by atoms with Gasteiger partial charge in [-0.25, -0.2) is 14.8 Å². The van der Waals surface area contributed by atoms with E-state index in [0.29, 0.717) is 47.0 Å². The first-order valence-corrected chi connectivity index (χ1v) is 18.1. The summed E-state index contributed by atoms with van der Waals surface area (Å²) < 4.78 is 18.7. The van der Waals surface area contributed by atoms with Gasteiger partial charge in [0.2, 0.25) is 11.8 Å². The van der Waals surface area contributed by atoms with E-state index < -0.39 is 29.7 Å². The molecule has 50 heavy (non-hydrogen) atoms. The highest BCUT2D eigenvalue weighted by molar-refractivity contribution is 5.92. The molecule has 3 aromatic rings. The fourth-order valence-corrected chi connectivity index (χ4v) is 8.33. The monoisotopic (exact) mass is 684 g/mol. The van der Waals surface area contributed by atoms with E-state index in [4.69, 9.17) is 24.2 Å². The molecule has 12 heteroatoms. The van der Waals surface area contributed by atoms with Crippen LogP contribution in [0.3, 0.4) is 0 Å². The maximum Gasteiger partial charge on any atom is 0.408 e. The normalized spacial score (nSPS) is 30.1. The van der Waals surface area contributed by atoms with Crippen LogP contribution in [-0.4, -0.2) is 73.5 Å². The van der Waals surface area contributed by atoms with Crippen molar-refractivity contribution in [3.05, 3.63) is 48.2 Å². The third-order valence-corrected chi connectivity index (χ3v) is 11.1. The number of fused-ring (bicyclic) bond motifs is 7. The van der Waals surface area contributed by atoms with Gasteiger partial charge >= 0.3 is 6.09 Å². The molecular weight excluding hydrogens is 636 g/mol. The zero-order valence-corrected chi connectivity index (χ0v) is 29.6. The second-order valence-corrected chi connectivity index (χ2v) is 15.7. The predicted octanol–water partition coefficient (Wildman–Crippen LogP) is 5.46. The van der Waals surface area contributed by atoms with Gasteiger partial charge in [0, 0.05) is 24.4 Å². The molecule has 1 saturated heterocycles. The summed E-state index contributed by atoms with van der Waals surface area (Å²) in [4.78, 5) is 60.8. The Morgan fingerprint density at radius 2 is 1.86 bits per heavy atom. The van der Waals surface area contributed by atoms with Crippen LogP contribution in [0.15, 0.2) is 36.8 Å². The molecule has 2 aliphatic carbocycles. The van der Waals surface area contributed by atoms with E-state index in [1.807, 2.05) is 45.9 Å². The topological polar surface area (TPSA) is 146 Å². The summed E-state index contributed by atoms with van der Waals surface area (Å²) in [6.45, 7) is 9.59. The van der Waals surface area contributed by atoms with Crippen molar-refractivity contribution in [3.63, 3.8) is 0 Å². The second kappa shape index (κ2) is 13.8. The number of carbonyl (C=O) groups is 3. The number of rotatable bonds is 4. The molecule has 266 valence electrons. The molecule has 2 amide bonds. The average Bonchev–Trinajstić information content (AvgIpc) is 3.64. The molecule has 2 aromatic heterocycles. The molecule has 2 bridgehead atoms. The summed E-state index contributed by atoms with van der Waals surface area (Å²) in [5, 5.41) is 2.93. The van der Waals surface area contributed by atoms with Crippen LogP contribution in [0.25, 0.3) is 11.0 Å². The minimum atomic E-state index is -0.896. The Morgan fingerprint density at radius 3 is 2.62 bits per heavy atom. The predicted molar refractivity (Wildman–Crippen MR) is 184 cm³/mol.